The Kier molecular flexibility index (Phi) is 2.45. The minimum atomic E-state index is -2.72. The van der Waals surface area contributed by atoms with Crippen molar-refractivity contribution in [1.82, 2.24) is 4.31 Å². The summed E-state index contributed by atoms with van der Waals surface area (Å²) >= 11 is 0. The van der Waals surface area contributed by atoms with Gasteiger partial charge in [0.25, 0.3) is 0 Å². The van der Waals surface area contributed by atoms with E-state index in [1.54, 1.807) is 0 Å². The van der Waals surface area contributed by atoms with E-state index in [2.05, 4.69) is 0 Å². The topological polar surface area (TPSA) is 74.7 Å². The molecule has 1 fully saturated rings. The van der Waals surface area contributed by atoms with Crippen LogP contribution in [0.5, 0.6) is 0 Å². The van der Waals surface area contributed by atoms with Crippen LogP contribution in [0.4, 0.5) is 0 Å². The quantitative estimate of drug-likeness (QED) is 0.536. The molecule has 0 aromatic carbocycles. The number of carbonyl (C=O) groups is 1. The molecule has 5 nitrogen and oxygen atoms in total. The van der Waals surface area contributed by atoms with Crippen LogP contribution in [-0.2, 0) is 15.7 Å². The van der Waals surface area contributed by atoms with E-state index in [0.29, 0.717) is 19.4 Å². The highest BCUT2D eigenvalue weighted by molar-refractivity contribution is 7.69. The van der Waals surface area contributed by atoms with E-state index in [9.17, 15) is 13.2 Å². The van der Waals surface area contributed by atoms with E-state index in [1.807, 2.05) is 0 Å². The third-order valence-electron chi connectivity index (χ3n) is 1.72. The monoisotopic (exact) mass is 179 g/mol. The normalized spacial score (nSPS) is 26.1. The molecule has 0 aliphatic carbocycles. The predicted octanol–water partition coefficient (Wildman–Crippen LogP) is -0.938. The second kappa shape index (κ2) is 3.19. The Labute approximate surface area is 65.7 Å². The second-order valence-corrected chi connectivity index (χ2v) is 3.39. The van der Waals surface area contributed by atoms with Crippen molar-refractivity contribution >= 4 is 16.9 Å². The molecule has 1 unspecified atom stereocenters. The van der Waals surface area contributed by atoms with Gasteiger partial charge in [-0.3, -0.25) is 4.79 Å². The molecule has 1 atom stereocenters. The Morgan fingerprint density at radius 1 is 1.55 bits per heavy atom. The standard InChI is InChI=1S/C5H9NO4S/c7-5(8)4-2-1-3-6(4)11(9)10/h4,11H,1-3H2,(H,7,8). The van der Waals surface area contributed by atoms with Crippen LogP contribution in [-0.4, -0.2) is 36.4 Å². The molecule has 1 N–H and O–H groups in total. The van der Waals surface area contributed by atoms with Gasteiger partial charge in [-0.05, 0) is 12.8 Å². The van der Waals surface area contributed by atoms with E-state index in [1.165, 1.54) is 0 Å². The molecule has 1 heterocycles. The van der Waals surface area contributed by atoms with Crippen LogP contribution < -0.4 is 0 Å². The van der Waals surface area contributed by atoms with Crippen LogP contribution in [0.25, 0.3) is 0 Å². The second-order valence-electron chi connectivity index (χ2n) is 2.40. The Balaban J connectivity index is 2.73. The fourth-order valence-electron chi connectivity index (χ4n) is 1.20. The summed E-state index contributed by atoms with van der Waals surface area (Å²) in [6.07, 6.45) is 1.07. The van der Waals surface area contributed by atoms with Crippen molar-refractivity contribution in [3.05, 3.63) is 0 Å². The van der Waals surface area contributed by atoms with Gasteiger partial charge in [0.15, 0.2) is 0 Å². The Hall–Kier alpha value is -0.620. The molecule has 0 saturated carbocycles. The van der Waals surface area contributed by atoms with Crippen LogP contribution in [0.2, 0.25) is 0 Å². The molecule has 1 rings (SSSR count). The first kappa shape index (κ1) is 8.48. The van der Waals surface area contributed by atoms with Crippen molar-refractivity contribution in [2.24, 2.45) is 0 Å². The zero-order chi connectivity index (χ0) is 8.43. The Morgan fingerprint density at radius 2 is 2.18 bits per heavy atom. The van der Waals surface area contributed by atoms with Crippen LogP contribution in [0.15, 0.2) is 0 Å². The molecule has 1 aliphatic heterocycles. The molecular formula is C5H9NO4S. The maximum absolute atomic E-state index is 10.4. The summed E-state index contributed by atoms with van der Waals surface area (Å²) in [5.41, 5.74) is 0. The fraction of sp³-hybridized carbons (Fsp3) is 0.800. The lowest BCUT2D eigenvalue weighted by atomic mass is 10.2. The maximum atomic E-state index is 10.4. The zero-order valence-corrected chi connectivity index (χ0v) is 6.66. The SMILES string of the molecule is O=C(O)C1CCCN1[SH](=O)=O. The molecule has 0 bridgehead atoms. The highest BCUT2D eigenvalue weighted by atomic mass is 32.2. The lowest BCUT2D eigenvalue weighted by Crippen LogP contribution is -2.34. The summed E-state index contributed by atoms with van der Waals surface area (Å²) in [5.74, 6) is -1.05. The van der Waals surface area contributed by atoms with Gasteiger partial charge in [0.1, 0.15) is 6.04 Å². The largest absolute Gasteiger partial charge is 0.480 e. The van der Waals surface area contributed by atoms with Crippen LogP contribution >= 0.6 is 0 Å². The number of rotatable bonds is 2. The van der Waals surface area contributed by atoms with Crippen molar-refractivity contribution in [1.29, 1.82) is 0 Å². The highest BCUT2D eigenvalue weighted by Gasteiger charge is 2.31. The Morgan fingerprint density at radius 3 is 2.55 bits per heavy atom. The van der Waals surface area contributed by atoms with E-state index in [-0.39, 0.29) is 0 Å². The number of hydrogen-bond acceptors (Lipinski definition) is 3. The van der Waals surface area contributed by atoms with E-state index in [4.69, 9.17) is 5.11 Å². The summed E-state index contributed by atoms with van der Waals surface area (Å²) < 4.78 is 21.8. The smallest absolute Gasteiger partial charge is 0.321 e. The molecule has 1 saturated heterocycles. The number of thiol groups is 1. The molecule has 0 radical (unpaired) electrons. The summed E-state index contributed by atoms with van der Waals surface area (Å²) in [6.45, 7) is 0.343. The van der Waals surface area contributed by atoms with E-state index in [0.717, 1.165) is 4.31 Å². The van der Waals surface area contributed by atoms with Crippen LogP contribution in [0, 0.1) is 0 Å². The number of nitrogens with zero attached hydrogens (tertiary/aromatic N) is 1. The summed E-state index contributed by atoms with van der Waals surface area (Å²) in [4.78, 5) is 10.4. The van der Waals surface area contributed by atoms with Gasteiger partial charge in [-0.1, -0.05) is 0 Å². The van der Waals surface area contributed by atoms with Gasteiger partial charge in [-0.15, -0.1) is 0 Å². The minimum absolute atomic E-state index is 0.343. The van der Waals surface area contributed by atoms with Gasteiger partial charge >= 0.3 is 5.97 Å². The maximum Gasteiger partial charge on any atom is 0.321 e. The molecule has 64 valence electrons. The molecule has 0 spiro atoms. The molecule has 0 aromatic heterocycles. The summed E-state index contributed by atoms with van der Waals surface area (Å²) in [7, 11) is -2.72. The zero-order valence-electron chi connectivity index (χ0n) is 5.77. The van der Waals surface area contributed by atoms with Gasteiger partial charge in [-0.2, -0.15) is 4.31 Å². The van der Waals surface area contributed by atoms with E-state index < -0.39 is 22.9 Å². The van der Waals surface area contributed by atoms with Crippen molar-refractivity contribution in [2.75, 3.05) is 6.54 Å². The average molecular weight is 179 g/mol. The van der Waals surface area contributed by atoms with E-state index >= 15 is 0 Å². The van der Waals surface area contributed by atoms with Crippen molar-refractivity contribution < 1.29 is 18.3 Å². The first-order valence-electron chi connectivity index (χ1n) is 3.26. The van der Waals surface area contributed by atoms with Crippen molar-refractivity contribution in [3.63, 3.8) is 0 Å². The predicted molar refractivity (Wildman–Crippen MR) is 37.7 cm³/mol. The van der Waals surface area contributed by atoms with Gasteiger partial charge < -0.3 is 5.11 Å². The number of aliphatic carboxylic acids is 1. The molecule has 0 amide bonds. The van der Waals surface area contributed by atoms with Gasteiger partial charge in [0.05, 0.1) is 0 Å². The van der Waals surface area contributed by atoms with Crippen molar-refractivity contribution in [3.8, 4) is 0 Å². The third kappa shape index (κ3) is 1.69. The third-order valence-corrected chi connectivity index (χ3v) is 2.62. The van der Waals surface area contributed by atoms with Crippen LogP contribution in [0.3, 0.4) is 0 Å². The number of hydrogen-bond donors (Lipinski definition) is 2. The fourth-order valence-corrected chi connectivity index (χ4v) is 1.94. The first-order chi connectivity index (χ1) is 5.13. The lowest BCUT2D eigenvalue weighted by molar-refractivity contribution is -0.140. The first-order valence-corrected chi connectivity index (χ1v) is 4.39. The number of carboxylic acid groups (broad SMARTS) is 1. The average Bonchev–Trinajstić information content (AvgIpc) is 2.32. The highest BCUT2D eigenvalue weighted by Crippen LogP contribution is 2.16. The molecule has 6 heteroatoms. The minimum Gasteiger partial charge on any atom is -0.480 e. The van der Waals surface area contributed by atoms with Crippen molar-refractivity contribution in [2.45, 2.75) is 18.9 Å². The van der Waals surface area contributed by atoms with Crippen LogP contribution in [0.1, 0.15) is 12.8 Å². The van der Waals surface area contributed by atoms with Gasteiger partial charge in [0.2, 0.25) is 10.9 Å². The number of carboxylic acids is 1. The summed E-state index contributed by atoms with van der Waals surface area (Å²) in [5, 5.41) is 8.52. The Bertz CT molecular complexity index is 229. The van der Waals surface area contributed by atoms with Gasteiger partial charge in [-0.25, -0.2) is 8.42 Å². The summed E-state index contributed by atoms with van der Waals surface area (Å²) in [6, 6.07) is -0.823. The molecule has 1 aliphatic rings. The molecule has 0 aromatic rings. The lowest BCUT2D eigenvalue weighted by Gasteiger charge is -2.11. The van der Waals surface area contributed by atoms with Gasteiger partial charge in [0, 0.05) is 6.54 Å². The molecular weight excluding hydrogens is 170 g/mol. The molecule has 11 heavy (non-hydrogen) atoms.